The minimum Gasteiger partial charge on any atom is -0.454 e. The van der Waals surface area contributed by atoms with E-state index < -0.39 is 0 Å². The van der Waals surface area contributed by atoms with Crippen LogP contribution >= 0.6 is 0 Å². The molecule has 4 heteroatoms. The van der Waals surface area contributed by atoms with Crippen molar-refractivity contribution in [3.63, 3.8) is 0 Å². The summed E-state index contributed by atoms with van der Waals surface area (Å²) in [5.41, 5.74) is 1.28. The molecule has 1 N–H and O–H groups in total. The van der Waals surface area contributed by atoms with Gasteiger partial charge in [-0.3, -0.25) is 0 Å². The standard InChI is InChI=1S/C16H23NO3/c1-18-14-5-3-2-4-13(14)17-9-8-12-6-7-15-16(10-12)20-11-19-15/h6-7,10,13-14,17H,2-5,8-9,11H2,1H3/t13-,14+/m0/s1. The van der Waals surface area contributed by atoms with Crippen molar-refractivity contribution in [2.24, 2.45) is 0 Å². The molecule has 4 nitrogen and oxygen atoms in total. The van der Waals surface area contributed by atoms with Crippen molar-refractivity contribution in [1.82, 2.24) is 5.32 Å². The fourth-order valence-corrected chi connectivity index (χ4v) is 3.11. The summed E-state index contributed by atoms with van der Waals surface area (Å²) in [4.78, 5) is 0. The molecule has 1 aromatic rings. The van der Waals surface area contributed by atoms with E-state index in [1.54, 1.807) is 0 Å². The zero-order chi connectivity index (χ0) is 13.8. The van der Waals surface area contributed by atoms with Crippen LogP contribution in [0.25, 0.3) is 0 Å². The molecule has 110 valence electrons. The number of ether oxygens (including phenoxy) is 3. The molecule has 0 spiro atoms. The van der Waals surface area contributed by atoms with E-state index in [-0.39, 0.29) is 0 Å². The Bertz CT molecular complexity index is 449. The van der Waals surface area contributed by atoms with Crippen LogP contribution in [0.3, 0.4) is 0 Å². The van der Waals surface area contributed by atoms with E-state index in [4.69, 9.17) is 14.2 Å². The lowest BCUT2D eigenvalue weighted by molar-refractivity contribution is 0.0421. The van der Waals surface area contributed by atoms with E-state index in [0.29, 0.717) is 18.9 Å². The van der Waals surface area contributed by atoms with Gasteiger partial charge in [-0.25, -0.2) is 0 Å². The fourth-order valence-electron chi connectivity index (χ4n) is 3.11. The molecule has 1 aliphatic carbocycles. The molecule has 1 aliphatic heterocycles. The van der Waals surface area contributed by atoms with Crippen LogP contribution in [0.2, 0.25) is 0 Å². The minimum absolute atomic E-state index is 0.342. The number of fused-ring (bicyclic) bond motifs is 1. The number of methoxy groups -OCH3 is 1. The van der Waals surface area contributed by atoms with Crippen LogP contribution in [0.4, 0.5) is 0 Å². The highest BCUT2D eigenvalue weighted by Crippen LogP contribution is 2.32. The normalized spacial score (nSPS) is 24.9. The van der Waals surface area contributed by atoms with Crippen molar-refractivity contribution in [2.75, 3.05) is 20.4 Å². The summed E-state index contributed by atoms with van der Waals surface area (Å²) in [7, 11) is 1.82. The Morgan fingerprint density at radius 2 is 2.05 bits per heavy atom. The Morgan fingerprint density at radius 3 is 2.95 bits per heavy atom. The van der Waals surface area contributed by atoms with Gasteiger partial charge in [0.25, 0.3) is 0 Å². The average Bonchev–Trinajstić information content (AvgIpc) is 2.95. The molecule has 0 aromatic heterocycles. The van der Waals surface area contributed by atoms with Gasteiger partial charge in [0.15, 0.2) is 11.5 Å². The molecule has 0 amide bonds. The molecule has 1 heterocycles. The molecule has 0 radical (unpaired) electrons. The van der Waals surface area contributed by atoms with E-state index >= 15 is 0 Å². The van der Waals surface area contributed by atoms with Crippen LogP contribution in [0.15, 0.2) is 18.2 Å². The molecule has 1 saturated carbocycles. The summed E-state index contributed by atoms with van der Waals surface area (Å²) in [5, 5.41) is 3.64. The van der Waals surface area contributed by atoms with E-state index in [0.717, 1.165) is 24.5 Å². The second-order valence-corrected chi connectivity index (χ2v) is 5.56. The molecular formula is C16H23NO3. The Labute approximate surface area is 120 Å². The number of rotatable bonds is 5. The van der Waals surface area contributed by atoms with Crippen molar-refractivity contribution >= 4 is 0 Å². The Morgan fingerprint density at radius 1 is 1.20 bits per heavy atom. The summed E-state index contributed by atoms with van der Waals surface area (Å²) >= 11 is 0. The summed E-state index contributed by atoms with van der Waals surface area (Å²) in [6.07, 6.45) is 6.38. The smallest absolute Gasteiger partial charge is 0.231 e. The minimum atomic E-state index is 0.342. The van der Waals surface area contributed by atoms with E-state index in [9.17, 15) is 0 Å². The monoisotopic (exact) mass is 277 g/mol. The predicted molar refractivity (Wildman–Crippen MR) is 77.3 cm³/mol. The maximum Gasteiger partial charge on any atom is 0.231 e. The third-order valence-corrected chi connectivity index (χ3v) is 4.26. The van der Waals surface area contributed by atoms with Gasteiger partial charge in [0, 0.05) is 13.2 Å². The van der Waals surface area contributed by atoms with Gasteiger partial charge in [-0.1, -0.05) is 18.9 Å². The first-order chi connectivity index (χ1) is 9.86. The Hall–Kier alpha value is -1.26. The third kappa shape index (κ3) is 3.07. The summed E-state index contributed by atoms with van der Waals surface area (Å²) in [6, 6.07) is 6.70. The van der Waals surface area contributed by atoms with Gasteiger partial charge < -0.3 is 19.5 Å². The molecule has 0 bridgehead atoms. The summed E-state index contributed by atoms with van der Waals surface area (Å²) < 4.78 is 16.3. The van der Waals surface area contributed by atoms with Gasteiger partial charge in [0.1, 0.15) is 0 Å². The summed E-state index contributed by atoms with van der Waals surface area (Å²) in [5.74, 6) is 1.73. The lowest BCUT2D eigenvalue weighted by Gasteiger charge is -2.31. The average molecular weight is 277 g/mol. The van der Waals surface area contributed by atoms with Gasteiger partial charge in [0.05, 0.1) is 6.10 Å². The Balaban J connectivity index is 1.49. The zero-order valence-electron chi connectivity index (χ0n) is 12.1. The largest absolute Gasteiger partial charge is 0.454 e. The van der Waals surface area contributed by atoms with Gasteiger partial charge in [-0.2, -0.15) is 0 Å². The third-order valence-electron chi connectivity index (χ3n) is 4.26. The van der Waals surface area contributed by atoms with E-state index in [1.165, 1.54) is 31.2 Å². The van der Waals surface area contributed by atoms with Gasteiger partial charge in [-0.05, 0) is 43.5 Å². The van der Waals surface area contributed by atoms with Gasteiger partial charge >= 0.3 is 0 Å². The van der Waals surface area contributed by atoms with Crippen molar-refractivity contribution < 1.29 is 14.2 Å². The molecule has 3 rings (SSSR count). The second-order valence-electron chi connectivity index (χ2n) is 5.56. The lowest BCUT2D eigenvalue weighted by atomic mass is 9.92. The predicted octanol–water partition coefficient (Wildman–Crippen LogP) is 2.51. The zero-order valence-corrected chi connectivity index (χ0v) is 12.1. The van der Waals surface area contributed by atoms with Gasteiger partial charge in [0.2, 0.25) is 6.79 Å². The molecule has 2 aliphatic rings. The van der Waals surface area contributed by atoms with Crippen LogP contribution in [-0.4, -0.2) is 32.6 Å². The number of nitrogens with one attached hydrogen (secondary N) is 1. The highest BCUT2D eigenvalue weighted by Gasteiger charge is 2.24. The van der Waals surface area contributed by atoms with Crippen molar-refractivity contribution in [3.8, 4) is 11.5 Å². The highest BCUT2D eigenvalue weighted by molar-refractivity contribution is 5.44. The van der Waals surface area contributed by atoms with E-state index in [2.05, 4.69) is 17.4 Å². The molecule has 2 atom stereocenters. The first-order valence-corrected chi connectivity index (χ1v) is 7.51. The number of hydrogen-bond donors (Lipinski definition) is 1. The van der Waals surface area contributed by atoms with Crippen LogP contribution < -0.4 is 14.8 Å². The maximum absolute atomic E-state index is 5.57. The molecule has 0 unspecified atom stereocenters. The van der Waals surface area contributed by atoms with Crippen molar-refractivity contribution in [2.45, 2.75) is 44.2 Å². The topological polar surface area (TPSA) is 39.7 Å². The van der Waals surface area contributed by atoms with Crippen LogP contribution in [0, 0.1) is 0 Å². The summed E-state index contributed by atoms with van der Waals surface area (Å²) in [6.45, 7) is 1.32. The van der Waals surface area contributed by atoms with E-state index in [1.807, 2.05) is 13.2 Å². The fraction of sp³-hybridized carbons (Fsp3) is 0.625. The Kier molecular flexibility index (Phi) is 4.43. The molecule has 1 fully saturated rings. The van der Waals surface area contributed by atoms with Gasteiger partial charge in [-0.15, -0.1) is 0 Å². The van der Waals surface area contributed by atoms with Crippen LogP contribution in [-0.2, 0) is 11.2 Å². The molecule has 0 saturated heterocycles. The van der Waals surface area contributed by atoms with Crippen LogP contribution in [0.1, 0.15) is 31.2 Å². The number of benzene rings is 1. The molecule has 1 aromatic carbocycles. The first-order valence-electron chi connectivity index (χ1n) is 7.51. The first kappa shape index (κ1) is 13.7. The second kappa shape index (κ2) is 6.46. The lowest BCUT2D eigenvalue weighted by Crippen LogP contribution is -2.43. The van der Waals surface area contributed by atoms with Crippen LogP contribution in [0.5, 0.6) is 11.5 Å². The molecule has 20 heavy (non-hydrogen) atoms. The molecular weight excluding hydrogens is 254 g/mol. The van der Waals surface area contributed by atoms with Crippen molar-refractivity contribution in [3.05, 3.63) is 23.8 Å². The highest BCUT2D eigenvalue weighted by atomic mass is 16.7. The maximum atomic E-state index is 5.57. The quantitative estimate of drug-likeness (QED) is 0.897. The SMILES string of the molecule is CO[C@@H]1CCCC[C@@H]1NCCc1ccc2c(c1)OCO2. The van der Waals surface area contributed by atoms with Crippen molar-refractivity contribution in [1.29, 1.82) is 0 Å². The number of hydrogen-bond acceptors (Lipinski definition) is 4.